The van der Waals surface area contributed by atoms with Crippen LogP contribution in [0.15, 0.2) is 42.7 Å². The fourth-order valence-corrected chi connectivity index (χ4v) is 2.53. The van der Waals surface area contributed by atoms with Gasteiger partial charge in [-0.25, -0.2) is 4.79 Å². The third-order valence-corrected chi connectivity index (χ3v) is 3.93. The van der Waals surface area contributed by atoms with Crippen molar-refractivity contribution in [3.8, 4) is 0 Å². The van der Waals surface area contributed by atoms with Gasteiger partial charge in [0.2, 0.25) is 5.91 Å². The maximum atomic E-state index is 12.0. The molecule has 3 N–H and O–H groups in total. The highest BCUT2D eigenvalue weighted by atomic mass is 35.5. The van der Waals surface area contributed by atoms with Gasteiger partial charge in [-0.05, 0) is 43.7 Å². The van der Waals surface area contributed by atoms with Crippen LogP contribution in [0.2, 0.25) is 0 Å². The van der Waals surface area contributed by atoms with Crippen molar-refractivity contribution < 1.29 is 14.4 Å². The van der Waals surface area contributed by atoms with Gasteiger partial charge in [0, 0.05) is 29.3 Å². The average molecular weight is 361 g/mol. The molecule has 0 aliphatic carbocycles. The van der Waals surface area contributed by atoms with Crippen LogP contribution in [-0.2, 0) is 10.2 Å². The van der Waals surface area contributed by atoms with Gasteiger partial charge in [0.15, 0.2) is 0 Å². The van der Waals surface area contributed by atoms with Crippen LogP contribution in [-0.4, -0.2) is 22.8 Å². The molecule has 0 radical (unpaired) electrons. The molecule has 1 aliphatic rings. The van der Waals surface area contributed by atoms with Gasteiger partial charge in [-0.2, -0.15) is 0 Å². The first-order valence-electron chi connectivity index (χ1n) is 7.36. The lowest BCUT2D eigenvalue weighted by Crippen LogP contribution is -2.48. The highest BCUT2D eigenvalue weighted by Crippen LogP contribution is 2.32. The predicted octanol–water partition coefficient (Wildman–Crippen LogP) is 2.70. The molecule has 0 saturated carbocycles. The summed E-state index contributed by atoms with van der Waals surface area (Å²) in [5, 5.41) is 7.66. The van der Waals surface area contributed by atoms with Gasteiger partial charge in [-0.3, -0.25) is 19.9 Å². The number of fused-ring (bicyclic) bond motifs is 1. The SMILES string of the molecule is CC1(C)C(=O)NC(=O)c2cc(NC(=O)Nc3ccncc3)ccc21.Cl. The molecule has 1 aliphatic heterocycles. The molecule has 0 bridgehead atoms. The van der Waals surface area contributed by atoms with Gasteiger partial charge in [-0.15, -0.1) is 12.4 Å². The quantitative estimate of drug-likeness (QED) is 0.717. The third-order valence-electron chi connectivity index (χ3n) is 3.93. The molecule has 0 fully saturated rings. The van der Waals surface area contributed by atoms with E-state index in [1.807, 2.05) is 0 Å². The summed E-state index contributed by atoms with van der Waals surface area (Å²) < 4.78 is 0. The number of benzene rings is 1. The number of nitrogens with zero attached hydrogens (tertiary/aromatic N) is 1. The lowest BCUT2D eigenvalue weighted by molar-refractivity contribution is -0.125. The smallest absolute Gasteiger partial charge is 0.308 e. The molecule has 2 heterocycles. The maximum Gasteiger partial charge on any atom is 0.323 e. The minimum Gasteiger partial charge on any atom is -0.308 e. The van der Waals surface area contributed by atoms with Crippen molar-refractivity contribution in [2.24, 2.45) is 0 Å². The van der Waals surface area contributed by atoms with Crippen molar-refractivity contribution in [3.05, 3.63) is 53.9 Å². The molecule has 2 aromatic rings. The Bertz CT molecular complexity index is 837. The molecule has 1 aromatic carbocycles. The van der Waals surface area contributed by atoms with E-state index in [4.69, 9.17) is 0 Å². The summed E-state index contributed by atoms with van der Waals surface area (Å²) in [5.41, 5.74) is 1.27. The van der Waals surface area contributed by atoms with Crippen LogP contribution in [0.4, 0.5) is 16.2 Å². The molecule has 0 unspecified atom stereocenters. The van der Waals surface area contributed by atoms with Crippen molar-refractivity contribution in [2.45, 2.75) is 19.3 Å². The summed E-state index contributed by atoms with van der Waals surface area (Å²) >= 11 is 0. The monoisotopic (exact) mass is 360 g/mol. The second-order valence-corrected chi connectivity index (χ2v) is 5.98. The molecule has 25 heavy (non-hydrogen) atoms. The first kappa shape index (κ1) is 18.4. The number of pyridine rings is 1. The molecule has 1 aromatic heterocycles. The molecule has 0 atom stereocenters. The van der Waals surface area contributed by atoms with Crippen LogP contribution in [0, 0.1) is 0 Å². The maximum absolute atomic E-state index is 12.0. The average Bonchev–Trinajstić information content (AvgIpc) is 2.54. The summed E-state index contributed by atoms with van der Waals surface area (Å²) in [6.07, 6.45) is 3.13. The fraction of sp³-hybridized carbons (Fsp3) is 0.176. The molecule has 8 heteroatoms. The third kappa shape index (κ3) is 3.61. The number of carbonyl (C=O) groups excluding carboxylic acids is 3. The Morgan fingerprint density at radius 3 is 2.36 bits per heavy atom. The largest absolute Gasteiger partial charge is 0.323 e. The first-order valence-corrected chi connectivity index (χ1v) is 7.36. The highest BCUT2D eigenvalue weighted by Gasteiger charge is 2.39. The van der Waals surface area contributed by atoms with Crippen molar-refractivity contribution in [1.82, 2.24) is 10.3 Å². The van der Waals surface area contributed by atoms with Gasteiger partial charge in [0.25, 0.3) is 5.91 Å². The van der Waals surface area contributed by atoms with E-state index in [2.05, 4.69) is 20.9 Å². The molecule has 130 valence electrons. The number of amides is 4. The number of hydrogen-bond acceptors (Lipinski definition) is 4. The zero-order valence-electron chi connectivity index (χ0n) is 13.6. The lowest BCUT2D eigenvalue weighted by atomic mass is 9.78. The Morgan fingerprint density at radius 1 is 1.04 bits per heavy atom. The topological polar surface area (TPSA) is 100 Å². The molecular weight excluding hydrogens is 344 g/mol. The van der Waals surface area contributed by atoms with E-state index in [0.717, 1.165) is 0 Å². The Labute approximate surface area is 150 Å². The summed E-state index contributed by atoms with van der Waals surface area (Å²) in [6.45, 7) is 3.49. The normalized spacial score (nSPS) is 14.6. The number of carbonyl (C=O) groups is 3. The van der Waals surface area contributed by atoms with E-state index in [1.54, 1.807) is 56.6 Å². The zero-order valence-corrected chi connectivity index (χ0v) is 14.4. The van der Waals surface area contributed by atoms with Crippen LogP contribution in [0.5, 0.6) is 0 Å². The van der Waals surface area contributed by atoms with Crippen molar-refractivity contribution in [3.63, 3.8) is 0 Å². The second-order valence-electron chi connectivity index (χ2n) is 5.98. The summed E-state index contributed by atoms with van der Waals surface area (Å²) in [4.78, 5) is 39.9. The molecule has 0 spiro atoms. The fourth-order valence-electron chi connectivity index (χ4n) is 2.53. The van der Waals surface area contributed by atoms with Gasteiger partial charge >= 0.3 is 6.03 Å². The number of nitrogens with one attached hydrogen (secondary N) is 3. The van der Waals surface area contributed by atoms with E-state index in [0.29, 0.717) is 22.5 Å². The van der Waals surface area contributed by atoms with E-state index in [9.17, 15) is 14.4 Å². The lowest BCUT2D eigenvalue weighted by Gasteiger charge is -2.30. The number of rotatable bonds is 2. The molecule has 4 amide bonds. The summed E-state index contributed by atoms with van der Waals surface area (Å²) in [7, 11) is 0. The van der Waals surface area contributed by atoms with Crippen LogP contribution >= 0.6 is 12.4 Å². The van der Waals surface area contributed by atoms with Crippen molar-refractivity contribution in [1.29, 1.82) is 0 Å². The van der Waals surface area contributed by atoms with E-state index >= 15 is 0 Å². The molecule has 3 rings (SSSR count). The number of anilines is 2. The second kappa shape index (κ2) is 6.90. The molecular formula is C17H17ClN4O3. The van der Waals surface area contributed by atoms with Gasteiger partial charge in [0.1, 0.15) is 0 Å². The number of hydrogen-bond donors (Lipinski definition) is 3. The number of imide groups is 1. The Morgan fingerprint density at radius 2 is 1.68 bits per heavy atom. The number of urea groups is 1. The molecule has 7 nitrogen and oxygen atoms in total. The minimum atomic E-state index is -0.804. The Hall–Kier alpha value is -2.93. The van der Waals surface area contributed by atoms with Gasteiger partial charge in [0.05, 0.1) is 5.41 Å². The van der Waals surface area contributed by atoms with Crippen molar-refractivity contribution >= 4 is 41.6 Å². The van der Waals surface area contributed by atoms with Crippen LogP contribution in [0.3, 0.4) is 0 Å². The Kier molecular flexibility index (Phi) is 5.08. The van der Waals surface area contributed by atoms with Crippen molar-refractivity contribution in [2.75, 3.05) is 10.6 Å². The first-order chi connectivity index (χ1) is 11.4. The molecule has 0 saturated heterocycles. The predicted molar refractivity (Wildman–Crippen MR) is 96.1 cm³/mol. The van der Waals surface area contributed by atoms with Crippen LogP contribution in [0.1, 0.15) is 29.8 Å². The zero-order chi connectivity index (χ0) is 17.3. The van der Waals surface area contributed by atoms with Crippen LogP contribution < -0.4 is 16.0 Å². The van der Waals surface area contributed by atoms with Gasteiger partial charge in [-0.1, -0.05) is 6.07 Å². The van der Waals surface area contributed by atoms with Crippen LogP contribution in [0.25, 0.3) is 0 Å². The standard InChI is InChI=1S/C17H16N4O3.ClH/c1-17(2)13-4-3-11(9-12(13)14(22)21-15(17)23)20-16(24)19-10-5-7-18-8-6-10;/h3-9H,1-2H3,(H,21,22,23)(H2,18,19,20,24);1H. The van der Waals surface area contributed by atoms with E-state index < -0.39 is 17.4 Å². The number of aromatic nitrogens is 1. The van der Waals surface area contributed by atoms with E-state index in [1.165, 1.54) is 0 Å². The Balaban J connectivity index is 0.00000225. The minimum absolute atomic E-state index is 0. The number of halogens is 1. The highest BCUT2D eigenvalue weighted by molar-refractivity contribution is 6.13. The summed E-state index contributed by atoms with van der Waals surface area (Å²) in [5.74, 6) is -0.802. The summed E-state index contributed by atoms with van der Waals surface area (Å²) in [6, 6.07) is 7.80. The van der Waals surface area contributed by atoms with Gasteiger partial charge < -0.3 is 10.6 Å². The van der Waals surface area contributed by atoms with E-state index in [-0.39, 0.29) is 18.3 Å².